The Morgan fingerprint density at radius 2 is 1.77 bits per heavy atom. The summed E-state index contributed by atoms with van der Waals surface area (Å²) in [6, 6.07) is 14.9. The summed E-state index contributed by atoms with van der Waals surface area (Å²) in [4.78, 5) is 23.3. The average Bonchev–Trinajstić information content (AvgIpc) is 3.11. The van der Waals surface area contributed by atoms with E-state index in [1.54, 1.807) is 6.20 Å². The van der Waals surface area contributed by atoms with E-state index in [0.717, 1.165) is 22.9 Å². The molecule has 0 unspecified atom stereocenters. The number of para-hydroxylation sites is 1. The van der Waals surface area contributed by atoms with Crippen LogP contribution in [-0.2, 0) is 16.9 Å². The number of rotatable bonds is 3. The normalized spacial score (nSPS) is 16.7. The molecule has 3 aromatic rings. The third-order valence-corrected chi connectivity index (χ3v) is 5.40. The van der Waals surface area contributed by atoms with Gasteiger partial charge in [-0.05, 0) is 12.1 Å². The molecule has 9 heteroatoms. The largest absolute Gasteiger partial charge is 0.573 e. The van der Waals surface area contributed by atoms with Gasteiger partial charge in [-0.1, -0.05) is 42.5 Å². The number of amides is 1. The van der Waals surface area contributed by atoms with Crippen LogP contribution in [0.15, 0.2) is 60.8 Å². The molecule has 31 heavy (non-hydrogen) atoms. The second-order valence-corrected chi connectivity index (χ2v) is 7.41. The summed E-state index contributed by atoms with van der Waals surface area (Å²) in [5, 5.41) is 0. The van der Waals surface area contributed by atoms with Gasteiger partial charge in [-0.15, -0.1) is 13.2 Å². The van der Waals surface area contributed by atoms with Crippen molar-refractivity contribution < 1.29 is 27.4 Å². The van der Waals surface area contributed by atoms with Crippen LogP contribution in [0.4, 0.5) is 13.2 Å². The number of alkyl halides is 3. The van der Waals surface area contributed by atoms with Gasteiger partial charge in [0.2, 0.25) is 0 Å². The monoisotopic (exact) mass is 427 g/mol. The third kappa shape index (κ3) is 3.50. The molecule has 1 spiro atoms. The molecule has 2 aliphatic rings. The lowest BCUT2D eigenvalue weighted by atomic mass is 9.87. The minimum atomic E-state index is -4.88. The predicted octanol–water partition coefficient (Wildman–Crippen LogP) is 3.92. The lowest BCUT2D eigenvalue weighted by molar-refractivity contribution is -0.274. The molecule has 158 valence electrons. The summed E-state index contributed by atoms with van der Waals surface area (Å²) >= 11 is 0. The van der Waals surface area contributed by atoms with Crippen molar-refractivity contribution in [3.8, 4) is 17.1 Å². The third-order valence-electron chi connectivity index (χ3n) is 5.40. The van der Waals surface area contributed by atoms with Gasteiger partial charge in [0.15, 0.2) is 5.82 Å². The van der Waals surface area contributed by atoms with Crippen molar-refractivity contribution in [1.82, 2.24) is 14.9 Å². The Hall–Kier alpha value is -3.46. The van der Waals surface area contributed by atoms with Gasteiger partial charge in [0.05, 0.1) is 31.0 Å². The van der Waals surface area contributed by atoms with Crippen LogP contribution in [0.25, 0.3) is 11.4 Å². The number of fused-ring (bicyclic) bond motifs is 2. The maximum absolute atomic E-state index is 12.8. The average molecular weight is 427 g/mol. The summed E-state index contributed by atoms with van der Waals surface area (Å²) in [6.45, 7) is 0.688. The molecule has 1 amide bonds. The summed E-state index contributed by atoms with van der Waals surface area (Å²) in [6.07, 6.45) is -3.17. The zero-order chi connectivity index (χ0) is 21.6. The van der Waals surface area contributed by atoms with Gasteiger partial charge in [0.25, 0.3) is 5.91 Å². The highest BCUT2D eigenvalue weighted by Gasteiger charge is 2.53. The van der Waals surface area contributed by atoms with Crippen LogP contribution < -0.4 is 4.74 Å². The smallest absolute Gasteiger partial charge is 0.405 e. The van der Waals surface area contributed by atoms with Crippen LogP contribution in [0, 0.1) is 0 Å². The maximum atomic E-state index is 12.8. The number of halogens is 3. The predicted molar refractivity (Wildman–Crippen MR) is 103 cm³/mol. The number of benzene rings is 2. The van der Waals surface area contributed by atoms with Gasteiger partial charge < -0.3 is 14.4 Å². The fourth-order valence-electron chi connectivity index (χ4n) is 3.92. The maximum Gasteiger partial charge on any atom is 0.573 e. The van der Waals surface area contributed by atoms with E-state index >= 15 is 0 Å². The van der Waals surface area contributed by atoms with E-state index in [9.17, 15) is 18.0 Å². The Kier molecular flexibility index (Phi) is 4.44. The van der Waals surface area contributed by atoms with Gasteiger partial charge in [-0.25, -0.2) is 9.97 Å². The molecule has 0 bridgehead atoms. The Morgan fingerprint density at radius 1 is 1.06 bits per heavy atom. The fraction of sp³-hybridized carbons (Fsp3) is 0.227. The summed E-state index contributed by atoms with van der Waals surface area (Å²) in [5.41, 5.74) is 1.55. The molecule has 0 radical (unpaired) electrons. The van der Waals surface area contributed by atoms with Gasteiger partial charge in [-0.3, -0.25) is 4.79 Å². The zero-order valence-corrected chi connectivity index (χ0v) is 16.1. The quantitative estimate of drug-likeness (QED) is 0.634. The van der Waals surface area contributed by atoms with Crippen molar-refractivity contribution >= 4 is 5.91 Å². The highest BCUT2D eigenvalue weighted by atomic mass is 19.4. The van der Waals surface area contributed by atoms with E-state index in [1.165, 1.54) is 23.1 Å². The number of carbonyl (C=O) groups is 1. The number of nitrogens with zero attached hydrogens (tertiary/aromatic N) is 3. The van der Waals surface area contributed by atoms with Crippen molar-refractivity contribution in [1.29, 1.82) is 0 Å². The second kappa shape index (κ2) is 7.05. The van der Waals surface area contributed by atoms with Crippen LogP contribution >= 0.6 is 0 Å². The van der Waals surface area contributed by atoms with Crippen LogP contribution in [0.1, 0.15) is 21.6 Å². The first kappa shape index (κ1) is 19.5. The molecule has 2 aromatic carbocycles. The topological polar surface area (TPSA) is 64.5 Å². The molecule has 0 atom stereocenters. The van der Waals surface area contributed by atoms with E-state index in [-0.39, 0.29) is 25.3 Å². The molecule has 0 aliphatic carbocycles. The van der Waals surface area contributed by atoms with Gasteiger partial charge in [-0.2, -0.15) is 0 Å². The Morgan fingerprint density at radius 3 is 2.52 bits per heavy atom. The number of likely N-dealkylation sites (tertiary alicyclic amines) is 1. The number of carbonyl (C=O) groups excluding carboxylic acids is 1. The second-order valence-electron chi connectivity index (χ2n) is 7.41. The molecule has 1 aromatic heterocycles. The van der Waals surface area contributed by atoms with Crippen molar-refractivity contribution in [3.05, 3.63) is 77.6 Å². The number of aromatic nitrogens is 2. The van der Waals surface area contributed by atoms with Crippen LogP contribution in [-0.4, -0.2) is 40.2 Å². The highest BCUT2D eigenvalue weighted by Crippen LogP contribution is 2.44. The molecule has 2 aliphatic heterocycles. The molecule has 0 saturated carbocycles. The first-order chi connectivity index (χ1) is 14.8. The fourth-order valence-corrected chi connectivity index (χ4v) is 3.92. The molecule has 5 rings (SSSR count). The van der Waals surface area contributed by atoms with Gasteiger partial charge >= 0.3 is 6.36 Å². The molecular formula is C22H16F3N3O3. The lowest BCUT2D eigenvalue weighted by Gasteiger charge is -2.47. The first-order valence-corrected chi connectivity index (χ1v) is 9.54. The van der Waals surface area contributed by atoms with Gasteiger partial charge in [0.1, 0.15) is 11.4 Å². The van der Waals surface area contributed by atoms with E-state index in [2.05, 4.69) is 14.7 Å². The number of hydrogen-bond acceptors (Lipinski definition) is 5. The Labute approximate surface area is 175 Å². The van der Waals surface area contributed by atoms with E-state index in [4.69, 9.17) is 4.74 Å². The summed E-state index contributed by atoms with van der Waals surface area (Å²) < 4.78 is 47.9. The highest BCUT2D eigenvalue weighted by molar-refractivity contribution is 5.97. The molecule has 1 fully saturated rings. The standard InChI is InChI=1S/C22H16F3N3O3/c23-22(24,25)31-18-9-5-4-8-15(18)20(29)28-12-21(13-28)16-10-26-19(27-17(16)11-30-21)14-6-2-1-3-7-14/h1-10H,11-13H2. The SMILES string of the molecule is O=C(c1ccccc1OC(F)(F)F)N1CC2(C1)OCc1nc(-c3ccccc3)ncc12. The minimum Gasteiger partial charge on any atom is -0.405 e. The number of ether oxygens (including phenoxy) is 2. The Balaban J connectivity index is 1.35. The molecule has 0 N–H and O–H groups in total. The molecule has 1 saturated heterocycles. The van der Waals surface area contributed by atoms with Crippen molar-refractivity contribution in [2.24, 2.45) is 0 Å². The first-order valence-electron chi connectivity index (χ1n) is 9.54. The molecular weight excluding hydrogens is 411 g/mol. The van der Waals surface area contributed by atoms with Crippen molar-refractivity contribution in [2.75, 3.05) is 13.1 Å². The zero-order valence-electron chi connectivity index (χ0n) is 16.1. The lowest BCUT2D eigenvalue weighted by Crippen LogP contribution is -2.61. The van der Waals surface area contributed by atoms with Crippen molar-refractivity contribution in [3.63, 3.8) is 0 Å². The van der Waals surface area contributed by atoms with Gasteiger partial charge in [0, 0.05) is 17.3 Å². The molecule has 6 nitrogen and oxygen atoms in total. The summed E-state index contributed by atoms with van der Waals surface area (Å²) in [7, 11) is 0. The van der Waals surface area contributed by atoms with Crippen LogP contribution in [0.2, 0.25) is 0 Å². The van der Waals surface area contributed by atoms with E-state index in [1.807, 2.05) is 30.3 Å². The van der Waals surface area contributed by atoms with Crippen LogP contribution in [0.5, 0.6) is 5.75 Å². The van der Waals surface area contributed by atoms with Crippen LogP contribution in [0.3, 0.4) is 0 Å². The minimum absolute atomic E-state index is 0.149. The van der Waals surface area contributed by atoms with E-state index in [0.29, 0.717) is 5.82 Å². The van der Waals surface area contributed by atoms with Crippen molar-refractivity contribution in [2.45, 2.75) is 18.6 Å². The van der Waals surface area contributed by atoms with E-state index < -0.39 is 23.6 Å². The number of hydrogen-bond donors (Lipinski definition) is 0. The molecule has 3 heterocycles. The Bertz CT molecular complexity index is 1150. The summed E-state index contributed by atoms with van der Waals surface area (Å²) in [5.74, 6) is -0.487.